The third-order valence-electron chi connectivity index (χ3n) is 3.64. The number of hydrogen-bond donors (Lipinski definition) is 1. The number of ether oxygens (including phenoxy) is 1. The Bertz CT molecular complexity index is 523. The van der Waals surface area contributed by atoms with Gasteiger partial charge in [-0.2, -0.15) is 0 Å². The normalized spacial score (nSPS) is 17.1. The number of rotatable bonds is 4. The van der Waals surface area contributed by atoms with E-state index >= 15 is 0 Å². The highest BCUT2D eigenvalue weighted by Gasteiger charge is 2.28. The van der Waals surface area contributed by atoms with Crippen LogP contribution in [0.4, 0.5) is 10.7 Å². The summed E-state index contributed by atoms with van der Waals surface area (Å²) in [4.78, 5) is 27.5. The summed E-state index contributed by atoms with van der Waals surface area (Å²) in [7, 11) is 0. The van der Waals surface area contributed by atoms with Gasteiger partial charge in [0.1, 0.15) is 0 Å². The molecular weight excluding hydrogens is 288 g/mol. The zero-order chi connectivity index (χ0) is 16.1. The highest BCUT2D eigenvalue weighted by atomic mass is 16.6. The molecule has 0 aliphatic carbocycles. The topological polar surface area (TPSA) is 87.9 Å². The molecule has 8 heteroatoms. The Hall–Kier alpha value is -2.09. The van der Waals surface area contributed by atoms with Crippen molar-refractivity contribution in [1.29, 1.82) is 0 Å². The van der Waals surface area contributed by atoms with Gasteiger partial charge in [-0.3, -0.25) is 15.0 Å². The summed E-state index contributed by atoms with van der Waals surface area (Å²) in [6.07, 6.45) is -0.295. The molecule has 0 spiro atoms. The number of nitrogens with zero attached hydrogens (tertiary/aromatic N) is 3. The summed E-state index contributed by atoms with van der Waals surface area (Å²) in [5, 5.41) is 6.43. The maximum Gasteiger partial charge on any atom is 0.409 e. The summed E-state index contributed by atoms with van der Waals surface area (Å²) < 4.78 is 9.95. The Morgan fingerprint density at radius 1 is 1.41 bits per heavy atom. The van der Waals surface area contributed by atoms with Crippen LogP contribution in [0.3, 0.4) is 0 Å². The highest BCUT2D eigenvalue weighted by molar-refractivity contribution is 5.93. The van der Waals surface area contributed by atoms with Gasteiger partial charge in [0.2, 0.25) is 11.8 Å². The lowest BCUT2D eigenvalue weighted by Crippen LogP contribution is -2.54. The number of carbonyl (C=O) groups is 2. The van der Waals surface area contributed by atoms with Crippen LogP contribution in [0.25, 0.3) is 0 Å². The van der Waals surface area contributed by atoms with Crippen LogP contribution in [0.2, 0.25) is 0 Å². The van der Waals surface area contributed by atoms with Crippen molar-refractivity contribution in [3.63, 3.8) is 0 Å². The molecule has 2 heterocycles. The molecule has 1 N–H and O–H groups in total. The van der Waals surface area contributed by atoms with Gasteiger partial charge in [-0.1, -0.05) is 5.16 Å². The second-order valence-electron chi connectivity index (χ2n) is 5.22. The molecule has 1 fully saturated rings. The van der Waals surface area contributed by atoms with Crippen molar-refractivity contribution >= 4 is 17.9 Å². The number of anilines is 1. The Kier molecular flexibility index (Phi) is 5.37. The fourth-order valence-electron chi connectivity index (χ4n) is 2.32. The van der Waals surface area contributed by atoms with Gasteiger partial charge < -0.3 is 14.2 Å². The molecule has 1 saturated heterocycles. The summed E-state index contributed by atoms with van der Waals surface area (Å²) >= 11 is 0. The lowest BCUT2D eigenvalue weighted by Gasteiger charge is -2.36. The molecule has 1 aromatic rings. The molecule has 0 radical (unpaired) electrons. The average Bonchev–Trinajstić information content (AvgIpc) is 2.92. The molecule has 1 atom stereocenters. The van der Waals surface area contributed by atoms with Crippen molar-refractivity contribution in [3.05, 3.63) is 11.8 Å². The van der Waals surface area contributed by atoms with E-state index in [2.05, 4.69) is 10.5 Å². The van der Waals surface area contributed by atoms with E-state index in [0.717, 1.165) is 0 Å². The second-order valence-corrected chi connectivity index (χ2v) is 5.22. The molecule has 22 heavy (non-hydrogen) atoms. The van der Waals surface area contributed by atoms with Crippen LogP contribution in [0.1, 0.15) is 19.5 Å². The first kappa shape index (κ1) is 16.3. The number of aromatic nitrogens is 1. The SMILES string of the molecule is CCOC(=O)N1CCN([C@H](C)C(=O)Nc2cc(C)no2)CC1. The van der Waals surface area contributed by atoms with Crippen molar-refractivity contribution in [2.75, 3.05) is 38.1 Å². The van der Waals surface area contributed by atoms with Gasteiger partial charge >= 0.3 is 6.09 Å². The van der Waals surface area contributed by atoms with Crippen LogP contribution in [-0.2, 0) is 9.53 Å². The third-order valence-corrected chi connectivity index (χ3v) is 3.64. The van der Waals surface area contributed by atoms with Crippen molar-refractivity contribution in [3.8, 4) is 0 Å². The number of piperazine rings is 1. The third kappa shape index (κ3) is 3.97. The van der Waals surface area contributed by atoms with Gasteiger partial charge in [-0.05, 0) is 20.8 Å². The lowest BCUT2D eigenvalue weighted by atomic mass is 10.2. The molecule has 2 amide bonds. The van der Waals surface area contributed by atoms with Gasteiger partial charge in [0.25, 0.3) is 0 Å². The summed E-state index contributed by atoms with van der Waals surface area (Å²) in [6, 6.07) is 1.36. The van der Waals surface area contributed by atoms with Crippen molar-refractivity contribution < 1.29 is 18.8 Å². The second kappa shape index (κ2) is 7.26. The molecule has 0 saturated carbocycles. The Balaban J connectivity index is 1.82. The fourth-order valence-corrected chi connectivity index (χ4v) is 2.32. The van der Waals surface area contributed by atoms with Crippen LogP contribution in [-0.4, -0.2) is 65.8 Å². The molecule has 8 nitrogen and oxygen atoms in total. The van der Waals surface area contributed by atoms with Crippen molar-refractivity contribution in [2.24, 2.45) is 0 Å². The molecule has 0 bridgehead atoms. The van der Waals surface area contributed by atoms with E-state index in [-0.39, 0.29) is 18.0 Å². The van der Waals surface area contributed by atoms with Crippen LogP contribution in [0.15, 0.2) is 10.6 Å². The Morgan fingerprint density at radius 2 is 2.09 bits per heavy atom. The van der Waals surface area contributed by atoms with Crippen LogP contribution in [0.5, 0.6) is 0 Å². The highest BCUT2D eigenvalue weighted by Crippen LogP contribution is 2.12. The molecule has 2 rings (SSSR count). The van der Waals surface area contributed by atoms with E-state index in [1.165, 1.54) is 0 Å². The number of carbonyl (C=O) groups excluding carboxylic acids is 2. The molecule has 122 valence electrons. The molecular formula is C14H22N4O4. The minimum absolute atomic E-state index is 0.152. The van der Waals surface area contributed by atoms with Crippen molar-refractivity contribution in [1.82, 2.24) is 15.0 Å². The van der Waals surface area contributed by atoms with E-state index in [4.69, 9.17) is 9.26 Å². The minimum Gasteiger partial charge on any atom is -0.450 e. The van der Waals surface area contributed by atoms with E-state index in [0.29, 0.717) is 44.4 Å². The van der Waals surface area contributed by atoms with Gasteiger partial charge in [0, 0.05) is 32.2 Å². The standard InChI is InChI=1S/C14H22N4O4/c1-4-21-14(20)18-7-5-17(6-8-18)11(3)13(19)15-12-9-10(2)16-22-12/h9,11H,4-8H2,1-3H3,(H,15,19)/t11-/m1/s1. The minimum atomic E-state index is -0.310. The first-order chi connectivity index (χ1) is 10.5. The summed E-state index contributed by atoms with van der Waals surface area (Å²) in [5.74, 6) is 0.195. The Labute approximate surface area is 129 Å². The summed E-state index contributed by atoms with van der Waals surface area (Å²) in [6.45, 7) is 8.14. The Morgan fingerprint density at radius 3 is 2.64 bits per heavy atom. The van der Waals surface area contributed by atoms with Crippen LogP contribution < -0.4 is 5.32 Å². The number of amides is 2. The zero-order valence-electron chi connectivity index (χ0n) is 13.2. The molecule has 1 aliphatic rings. The number of nitrogens with one attached hydrogen (secondary N) is 1. The molecule has 0 unspecified atom stereocenters. The van der Waals surface area contributed by atoms with Gasteiger partial charge in [-0.15, -0.1) is 0 Å². The number of aryl methyl sites for hydroxylation is 1. The fraction of sp³-hybridized carbons (Fsp3) is 0.643. The van der Waals surface area contributed by atoms with Gasteiger partial charge in [0.15, 0.2) is 0 Å². The first-order valence-corrected chi connectivity index (χ1v) is 7.41. The van der Waals surface area contributed by atoms with Crippen molar-refractivity contribution in [2.45, 2.75) is 26.8 Å². The predicted molar refractivity (Wildman–Crippen MR) is 79.5 cm³/mol. The van der Waals surface area contributed by atoms with E-state index < -0.39 is 0 Å². The van der Waals surface area contributed by atoms with E-state index in [1.54, 1.807) is 24.8 Å². The largest absolute Gasteiger partial charge is 0.450 e. The first-order valence-electron chi connectivity index (χ1n) is 7.41. The van der Waals surface area contributed by atoms with E-state index in [9.17, 15) is 9.59 Å². The van der Waals surface area contributed by atoms with Gasteiger partial charge in [0.05, 0.1) is 18.3 Å². The maximum atomic E-state index is 12.2. The lowest BCUT2D eigenvalue weighted by molar-refractivity contribution is -0.121. The maximum absolute atomic E-state index is 12.2. The molecule has 1 aliphatic heterocycles. The smallest absolute Gasteiger partial charge is 0.409 e. The monoisotopic (exact) mass is 310 g/mol. The number of hydrogen-bond acceptors (Lipinski definition) is 6. The average molecular weight is 310 g/mol. The predicted octanol–water partition coefficient (Wildman–Crippen LogP) is 1.08. The zero-order valence-corrected chi connectivity index (χ0v) is 13.2. The van der Waals surface area contributed by atoms with Crippen LogP contribution >= 0.6 is 0 Å². The van der Waals surface area contributed by atoms with Crippen LogP contribution in [0, 0.1) is 6.92 Å². The molecule has 0 aromatic carbocycles. The quantitative estimate of drug-likeness (QED) is 0.895. The summed E-state index contributed by atoms with van der Waals surface area (Å²) in [5.41, 5.74) is 0.714. The van der Waals surface area contributed by atoms with Gasteiger partial charge in [-0.25, -0.2) is 4.79 Å². The van der Waals surface area contributed by atoms with E-state index in [1.807, 2.05) is 11.8 Å². The molecule has 1 aromatic heterocycles.